The van der Waals surface area contributed by atoms with Crippen molar-refractivity contribution < 1.29 is 18.8 Å². The Labute approximate surface area is 194 Å². The number of aldehydes is 2. The number of thiocarbonyl (C=S) groups is 1. The third-order valence-corrected chi connectivity index (χ3v) is 5.65. The Kier molecular flexibility index (Phi) is 6.30. The molecule has 1 amide bonds. The van der Waals surface area contributed by atoms with E-state index in [1.807, 2.05) is 30.3 Å². The number of hydrogen-bond acceptors (Lipinski definition) is 5. The van der Waals surface area contributed by atoms with Crippen LogP contribution in [0.1, 0.15) is 21.7 Å². The van der Waals surface area contributed by atoms with Gasteiger partial charge in [-0.3, -0.25) is 14.5 Å². The molecule has 2 aromatic carbocycles. The van der Waals surface area contributed by atoms with Crippen molar-refractivity contribution in [1.82, 2.24) is 10.2 Å². The van der Waals surface area contributed by atoms with E-state index in [9.17, 15) is 14.4 Å². The van der Waals surface area contributed by atoms with Crippen molar-refractivity contribution in [3.05, 3.63) is 88.3 Å². The fraction of sp³-hybridized carbons (Fsp3) is 0.0833. The number of nitrogens with one attached hydrogen (secondary N) is 1. The summed E-state index contributed by atoms with van der Waals surface area (Å²) in [5, 5.41) is 3.38. The zero-order chi connectivity index (χ0) is 22.7. The molecule has 6 nitrogen and oxygen atoms in total. The van der Waals surface area contributed by atoms with E-state index in [-0.39, 0.29) is 10.8 Å². The van der Waals surface area contributed by atoms with Gasteiger partial charge >= 0.3 is 0 Å². The van der Waals surface area contributed by atoms with Gasteiger partial charge in [0, 0.05) is 23.6 Å². The predicted octanol–water partition coefficient (Wildman–Crippen LogP) is 4.28. The van der Waals surface area contributed by atoms with Crippen LogP contribution in [0, 0.1) is 0 Å². The van der Waals surface area contributed by atoms with Crippen molar-refractivity contribution in [3.63, 3.8) is 0 Å². The SMILES string of the molecule is O=Cc1cc(-c2ccc(/C=C3/NC(=S)N(C(C=O)Cc4ccccc4)C3=O)o2)ccc1Cl. The van der Waals surface area contributed by atoms with Crippen LogP contribution >= 0.6 is 23.8 Å². The molecule has 160 valence electrons. The quantitative estimate of drug-likeness (QED) is 0.319. The van der Waals surface area contributed by atoms with Gasteiger partial charge in [0.15, 0.2) is 11.4 Å². The maximum Gasteiger partial charge on any atom is 0.277 e. The van der Waals surface area contributed by atoms with Gasteiger partial charge in [-0.15, -0.1) is 0 Å². The number of amides is 1. The topological polar surface area (TPSA) is 79.6 Å². The van der Waals surface area contributed by atoms with E-state index in [0.29, 0.717) is 40.4 Å². The molecule has 1 fully saturated rings. The summed E-state index contributed by atoms with van der Waals surface area (Å²) < 4.78 is 5.81. The lowest BCUT2D eigenvalue weighted by Crippen LogP contribution is -2.42. The number of hydrogen-bond donors (Lipinski definition) is 1. The van der Waals surface area contributed by atoms with Crippen molar-refractivity contribution in [2.24, 2.45) is 0 Å². The molecular formula is C24H17ClN2O4S. The Bertz CT molecular complexity index is 1240. The number of furan rings is 1. The number of carbonyl (C=O) groups is 3. The average molecular weight is 465 g/mol. The van der Waals surface area contributed by atoms with Crippen LogP contribution in [0.3, 0.4) is 0 Å². The number of rotatable bonds is 7. The van der Waals surface area contributed by atoms with Crippen LogP contribution < -0.4 is 5.32 Å². The summed E-state index contributed by atoms with van der Waals surface area (Å²) in [4.78, 5) is 37.1. The Morgan fingerprint density at radius 1 is 1.09 bits per heavy atom. The molecule has 4 rings (SSSR count). The van der Waals surface area contributed by atoms with Gasteiger partial charge < -0.3 is 14.5 Å². The van der Waals surface area contributed by atoms with E-state index in [1.165, 1.54) is 11.0 Å². The second-order valence-corrected chi connectivity index (χ2v) is 7.91. The summed E-state index contributed by atoms with van der Waals surface area (Å²) in [6.45, 7) is 0. The Hall–Kier alpha value is -3.55. The smallest absolute Gasteiger partial charge is 0.277 e. The van der Waals surface area contributed by atoms with Crippen LogP contribution in [0.5, 0.6) is 0 Å². The van der Waals surface area contributed by atoms with Crippen LogP contribution in [0.2, 0.25) is 5.02 Å². The fourth-order valence-electron chi connectivity index (χ4n) is 3.42. The zero-order valence-corrected chi connectivity index (χ0v) is 18.2. The summed E-state index contributed by atoms with van der Waals surface area (Å²) in [7, 11) is 0. The third-order valence-electron chi connectivity index (χ3n) is 5.01. The van der Waals surface area contributed by atoms with Crippen LogP contribution in [0.15, 0.2) is 70.8 Å². The Morgan fingerprint density at radius 2 is 1.88 bits per heavy atom. The van der Waals surface area contributed by atoms with E-state index in [0.717, 1.165) is 11.8 Å². The summed E-state index contributed by atoms with van der Waals surface area (Å²) in [5.41, 5.74) is 2.16. The van der Waals surface area contributed by atoms with Crippen molar-refractivity contribution in [2.45, 2.75) is 12.5 Å². The first kappa shape index (κ1) is 21.7. The Morgan fingerprint density at radius 3 is 2.59 bits per heavy atom. The molecule has 8 heteroatoms. The lowest BCUT2D eigenvalue weighted by atomic mass is 10.1. The number of halogens is 1. The molecule has 1 aliphatic rings. The average Bonchev–Trinajstić information content (AvgIpc) is 3.38. The van der Waals surface area contributed by atoms with Crippen molar-refractivity contribution in [1.29, 1.82) is 0 Å². The van der Waals surface area contributed by atoms with Crippen LogP contribution in [-0.2, 0) is 16.0 Å². The number of carbonyl (C=O) groups excluding carboxylic acids is 3. The molecule has 0 radical (unpaired) electrons. The highest BCUT2D eigenvalue weighted by molar-refractivity contribution is 7.80. The fourth-order valence-corrected chi connectivity index (χ4v) is 3.91. The van der Waals surface area contributed by atoms with Crippen molar-refractivity contribution in [3.8, 4) is 11.3 Å². The van der Waals surface area contributed by atoms with Gasteiger partial charge in [0.2, 0.25) is 0 Å². The van der Waals surface area contributed by atoms with E-state index in [4.69, 9.17) is 28.2 Å². The first-order chi connectivity index (χ1) is 15.5. The molecule has 0 bridgehead atoms. The molecule has 1 aromatic heterocycles. The van der Waals surface area contributed by atoms with Gasteiger partial charge in [0.05, 0.1) is 11.1 Å². The largest absolute Gasteiger partial charge is 0.457 e. The van der Waals surface area contributed by atoms with Crippen LogP contribution in [0.4, 0.5) is 0 Å². The summed E-state index contributed by atoms with van der Waals surface area (Å²) in [6.07, 6.45) is 3.27. The predicted molar refractivity (Wildman–Crippen MR) is 125 cm³/mol. The van der Waals surface area contributed by atoms with E-state index >= 15 is 0 Å². The highest BCUT2D eigenvalue weighted by atomic mass is 35.5. The highest BCUT2D eigenvalue weighted by Gasteiger charge is 2.36. The van der Waals surface area contributed by atoms with Crippen molar-refractivity contribution >= 4 is 53.5 Å². The van der Waals surface area contributed by atoms with E-state index in [2.05, 4.69) is 5.32 Å². The van der Waals surface area contributed by atoms with Crippen LogP contribution in [-0.4, -0.2) is 34.5 Å². The first-order valence-corrected chi connectivity index (χ1v) is 10.5. The lowest BCUT2D eigenvalue weighted by Gasteiger charge is -2.21. The number of nitrogens with zero attached hydrogens (tertiary/aromatic N) is 1. The molecule has 32 heavy (non-hydrogen) atoms. The standard InChI is InChI=1S/C24H17ClN2O4S/c25-20-8-6-16(11-17(20)13-28)22-9-7-19(31-22)12-21-23(30)27(24(32)26-21)18(14-29)10-15-4-2-1-3-5-15/h1-9,11-14,18H,10H2,(H,26,32)/b21-12+. The van der Waals surface area contributed by atoms with Gasteiger partial charge in [-0.2, -0.15) is 0 Å². The maximum atomic E-state index is 13.0. The van der Waals surface area contributed by atoms with Gasteiger partial charge in [0.25, 0.3) is 5.91 Å². The minimum absolute atomic E-state index is 0.161. The van der Waals surface area contributed by atoms with Crippen LogP contribution in [0.25, 0.3) is 17.4 Å². The second kappa shape index (κ2) is 9.30. The molecule has 0 aliphatic carbocycles. The first-order valence-electron chi connectivity index (χ1n) is 9.70. The van der Waals surface area contributed by atoms with E-state index in [1.54, 1.807) is 30.3 Å². The molecule has 1 atom stereocenters. The Balaban J connectivity index is 1.55. The molecular weight excluding hydrogens is 448 g/mol. The molecule has 1 N–H and O–H groups in total. The minimum Gasteiger partial charge on any atom is -0.457 e. The molecule has 1 saturated heterocycles. The summed E-state index contributed by atoms with van der Waals surface area (Å²) in [5.74, 6) is 0.515. The van der Waals surface area contributed by atoms with Gasteiger partial charge in [0.1, 0.15) is 23.5 Å². The zero-order valence-electron chi connectivity index (χ0n) is 16.7. The molecule has 0 saturated carbocycles. The highest BCUT2D eigenvalue weighted by Crippen LogP contribution is 2.27. The molecule has 2 heterocycles. The number of benzene rings is 2. The summed E-state index contributed by atoms with van der Waals surface area (Å²) in [6, 6.07) is 17.1. The second-order valence-electron chi connectivity index (χ2n) is 7.11. The molecule has 0 spiro atoms. The third kappa shape index (κ3) is 4.39. The van der Waals surface area contributed by atoms with Gasteiger partial charge in [-0.05, 0) is 48.1 Å². The molecule has 3 aromatic rings. The molecule has 1 unspecified atom stereocenters. The van der Waals surface area contributed by atoms with Gasteiger partial charge in [-0.1, -0.05) is 41.9 Å². The normalized spacial score (nSPS) is 15.7. The minimum atomic E-state index is -0.723. The molecule has 1 aliphatic heterocycles. The maximum absolute atomic E-state index is 13.0. The lowest BCUT2D eigenvalue weighted by molar-refractivity contribution is -0.127. The van der Waals surface area contributed by atoms with Crippen molar-refractivity contribution in [2.75, 3.05) is 0 Å². The monoisotopic (exact) mass is 464 g/mol. The van der Waals surface area contributed by atoms with Gasteiger partial charge in [-0.25, -0.2) is 0 Å². The summed E-state index contributed by atoms with van der Waals surface area (Å²) >= 11 is 11.3. The van der Waals surface area contributed by atoms with E-state index < -0.39 is 11.9 Å².